The number of benzene rings is 1. The van der Waals surface area contributed by atoms with Crippen molar-refractivity contribution in [1.82, 2.24) is 4.31 Å². The molecule has 0 bridgehead atoms. The van der Waals surface area contributed by atoms with Crippen LogP contribution in [-0.4, -0.2) is 61.2 Å². The third-order valence-electron chi connectivity index (χ3n) is 5.22. The highest BCUT2D eigenvalue weighted by molar-refractivity contribution is 9.10. The van der Waals surface area contributed by atoms with Crippen LogP contribution in [0.2, 0.25) is 0 Å². The molecule has 0 saturated carbocycles. The Balaban J connectivity index is 2.07. The van der Waals surface area contributed by atoms with E-state index in [1.54, 1.807) is 13.8 Å². The Labute approximate surface area is 190 Å². The Morgan fingerprint density at radius 2 is 1.87 bits per heavy atom. The van der Waals surface area contributed by atoms with E-state index in [1.165, 1.54) is 18.2 Å². The van der Waals surface area contributed by atoms with Crippen LogP contribution >= 0.6 is 15.9 Å². The summed E-state index contributed by atoms with van der Waals surface area (Å²) < 4.78 is 69.5. The maximum Gasteiger partial charge on any atom is 0.324 e. The molecule has 0 radical (unpaired) electrons. The van der Waals surface area contributed by atoms with Crippen molar-refractivity contribution in [3.63, 3.8) is 0 Å². The van der Waals surface area contributed by atoms with Gasteiger partial charge in [0.1, 0.15) is 17.7 Å². The number of nitrogens with zero attached hydrogens (tertiary/aromatic N) is 1. The summed E-state index contributed by atoms with van der Waals surface area (Å²) in [5, 5.41) is 8.25. The second-order valence-electron chi connectivity index (χ2n) is 8.27. The van der Waals surface area contributed by atoms with Crippen molar-refractivity contribution in [2.45, 2.75) is 50.9 Å². The van der Waals surface area contributed by atoms with Gasteiger partial charge in [-0.05, 0) is 66.2 Å². The number of hydrogen-bond acceptors (Lipinski definition) is 6. The molecule has 1 fully saturated rings. The molecule has 1 aromatic carbocycles. The highest BCUT2D eigenvalue weighted by Gasteiger charge is 2.49. The number of carboxylic acids is 1. The quantitative estimate of drug-likeness (QED) is 0.508. The summed E-state index contributed by atoms with van der Waals surface area (Å²) in [5.74, 6) is -1.81. The number of ether oxygens (including phenoxy) is 1. The minimum absolute atomic E-state index is 0.0370. The molecule has 0 spiro atoms. The Morgan fingerprint density at radius 1 is 1.29 bits per heavy atom. The minimum atomic E-state index is -4.50. The van der Waals surface area contributed by atoms with E-state index in [-0.39, 0.29) is 31.5 Å². The number of hydrogen-bond donors (Lipinski definition) is 1. The lowest BCUT2D eigenvalue weighted by Crippen LogP contribution is -2.50. The summed E-state index contributed by atoms with van der Waals surface area (Å²) in [6, 6.07) is 3.98. The normalized spacial score (nSPS) is 18.6. The predicted molar refractivity (Wildman–Crippen MR) is 118 cm³/mol. The molecular formula is C19H27BrFNO7S2. The van der Waals surface area contributed by atoms with Gasteiger partial charge in [-0.3, -0.25) is 4.79 Å². The average molecular weight is 544 g/mol. The van der Waals surface area contributed by atoms with Crippen LogP contribution in [0.5, 0.6) is 5.75 Å². The number of piperidine rings is 1. The highest BCUT2D eigenvalue weighted by atomic mass is 79.9. The molecule has 1 aliphatic rings. The summed E-state index contributed by atoms with van der Waals surface area (Å²) in [5.41, 5.74) is 0. The molecule has 1 aliphatic heterocycles. The van der Waals surface area contributed by atoms with Gasteiger partial charge in [0, 0.05) is 13.1 Å². The lowest BCUT2D eigenvalue weighted by Gasteiger charge is -2.33. The first-order valence-corrected chi connectivity index (χ1v) is 13.8. The second-order valence-corrected chi connectivity index (χ2v) is 13.9. The van der Waals surface area contributed by atoms with E-state index in [2.05, 4.69) is 15.9 Å². The first kappa shape index (κ1) is 26.0. The van der Waals surface area contributed by atoms with Crippen LogP contribution in [0.4, 0.5) is 4.39 Å². The van der Waals surface area contributed by atoms with Gasteiger partial charge in [-0.25, -0.2) is 25.5 Å². The molecule has 12 heteroatoms. The van der Waals surface area contributed by atoms with Crippen LogP contribution in [0.15, 0.2) is 22.7 Å². The van der Waals surface area contributed by atoms with Gasteiger partial charge in [0.2, 0.25) is 10.0 Å². The smallest absolute Gasteiger partial charge is 0.324 e. The molecule has 31 heavy (non-hydrogen) atoms. The molecule has 2 rings (SSSR count). The first-order valence-electron chi connectivity index (χ1n) is 9.73. The van der Waals surface area contributed by atoms with E-state index >= 15 is 0 Å². The highest BCUT2D eigenvalue weighted by Crippen LogP contribution is 2.31. The Hall–Kier alpha value is -1.24. The van der Waals surface area contributed by atoms with E-state index < -0.39 is 41.5 Å². The molecule has 0 aliphatic carbocycles. The molecule has 1 unspecified atom stereocenters. The molecule has 1 heterocycles. The fraction of sp³-hybridized carbons (Fsp3) is 0.632. The SMILES string of the molecule is CC(C)CC(C)(C(=O)O)S(=O)(=O)CS(=O)(=O)N1CCC(Oc2ccc(F)cc2Br)CC1. The number of rotatable bonds is 9. The summed E-state index contributed by atoms with van der Waals surface area (Å²) in [6.45, 7) is 4.48. The molecule has 1 N–H and O–H groups in total. The van der Waals surface area contributed by atoms with Gasteiger partial charge < -0.3 is 9.84 Å². The monoisotopic (exact) mass is 543 g/mol. The van der Waals surface area contributed by atoms with Crippen molar-refractivity contribution in [2.24, 2.45) is 5.92 Å². The average Bonchev–Trinajstić information content (AvgIpc) is 2.62. The van der Waals surface area contributed by atoms with E-state index in [0.717, 1.165) is 11.2 Å². The number of aliphatic carboxylic acids is 1. The van der Waals surface area contributed by atoms with E-state index in [1.807, 2.05) is 0 Å². The Kier molecular flexibility index (Phi) is 8.15. The van der Waals surface area contributed by atoms with Crippen molar-refractivity contribution in [2.75, 3.05) is 18.2 Å². The lowest BCUT2D eigenvalue weighted by atomic mass is 9.98. The van der Waals surface area contributed by atoms with Gasteiger partial charge in [0.25, 0.3) is 0 Å². The standard InChI is InChI=1S/C19H27BrFNO7S2/c1-13(2)11-19(3,18(23)24)30(25,26)12-31(27,28)22-8-6-15(7-9-22)29-17-5-4-14(21)10-16(17)20/h4-5,10,13,15H,6-9,11-12H2,1-3H3,(H,23,24). The molecule has 1 saturated heterocycles. The predicted octanol–water partition coefficient (Wildman–Crippen LogP) is 3.02. The number of carbonyl (C=O) groups is 1. The maximum atomic E-state index is 13.2. The van der Waals surface area contributed by atoms with Crippen LogP contribution < -0.4 is 4.74 Å². The van der Waals surface area contributed by atoms with Gasteiger partial charge in [0.15, 0.2) is 19.7 Å². The van der Waals surface area contributed by atoms with Crippen molar-refractivity contribution >= 4 is 41.8 Å². The molecule has 0 amide bonds. The lowest BCUT2D eigenvalue weighted by molar-refractivity contribution is -0.140. The number of carboxylic acid groups (broad SMARTS) is 1. The third-order valence-corrected chi connectivity index (χ3v) is 11.1. The second kappa shape index (κ2) is 9.72. The van der Waals surface area contributed by atoms with Crippen LogP contribution in [-0.2, 0) is 24.7 Å². The number of sulfone groups is 1. The Bertz CT molecular complexity index is 1020. The first-order chi connectivity index (χ1) is 14.2. The third kappa shape index (κ3) is 6.17. The van der Waals surface area contributed by atoms with Gasteiger partial charge >= 0.3 is 5.97 Å². The largest absolute Gasteiger partial charge is 0.489 e. The fourth-order valence-corrected chi connectivity index (χ4v) is 8.78. The van der Waals surface area contributed by atoms with Gasteiger partial charge in [-0.15, -0.1) is 0 Å². The fourth-order valence-electron chi connectivity index (χ4n) is 3.51. The van der Waals surface area contributed by atoms with Crippen molar-refractivity contribution < 1.29 is 35.9 Å². The summed E-state index contributed by atoms with van der Waals surface area (Å²) in [7, 11) is -8.73. The summed E-state index contributed by atoms with van der Waals surface area (Å²) in [6.07, 6.45) is 0.106. The summed E-state index contributed by atoms with van der Waals surface area (Å²) in [4.78, 5) is 11.7. The van der Waals surface area contributed by atoms with E-state index in [0.29, 0.717) is 23.1 Å². The van der Waals surface area contributed by atoms with Crippen molar-refractivity contribution in [3.8, 4) is 5.75 Å². The van der Waals surface area contributed by atoms with Crippen molar-refractivity contribution in [1.29, 1.82) is 0 Å². The molecule has 1 atom stereocenters. The van der Waals surface area contributed by atoms with Crippen LogP contribution in [0, 0.1) is 11.7 Å². The van der Waals surface area contributed by atoms with Gasteiger partial charge in [0.05, 0.1) is 4.47 Å². The molecule has 176 valence electrons. The van der Waals surface area contributed by atoms with E-state index in [4.69, 9.17) is 4.74 Å². The molecule has 8 nitrogen and oxygen atoms in total. The van der Waals surface area contributed by atoms with Crippen LogP contribution in [0.3, 0.4) is 0 Å². The number of sulfonamides is 1. The zero-order chi connectivity index (χ0) is 23.6. The topological polar surface area (TPSA) is 118 Å². The molecular weight excluding hydrogens is 517 g/mol. The Morgan fingerprint density at radius 3 is 2.35 bits per heavy atom. The zero-order valence-electron chi connectivity index (χ0n) is 17.5. The maximum absolute atomic E-state index is 13.2. The van der Waals surface area contributed by atoms with E-state index in [9.17, 15) is 31.1 Å². The van der Waals surface area contributed by atoms with Gasteiger partial charge in [-0.1, -0.05) is 13.8 Å². The van der Waals surface area contributed by atoms with Gasteiger partial charge in [-0.2, -0.15) is 0 Å². The van der Waals surface area contributed by atoms with Crippen molar-refractivity contribution in [3.05, 3.63) is 28.5 Å². The van der Waals surface area contributed by atoms with Crippen LogP contribution in [0.1, 0.15) is 40.0 Å². The zero-order valence-corrected chi connectivity index (χ0v) is 20.8. The molecule has 1 aromatic rings. The van der Waals surface area contributed by atoms with Crippen LogP contribution in [0.25, 0.3) is 0 Å². The summed E-state index contributed by atoms with van der Waals surface area (Å²) >= 11 is 3.21. The number of halogens is 2. The minimum Gasteiger partial charge on any atom is -0.489 e. The molecule has 0 aromatic heterocycles.